The van der Waals surface area contributed by atoms with Crippen molar-refractivity contribution >= 4 is 17.6 Å². The summed E-state index contributed by atoms with van der Waals surface area (Å²) in [7, 11) is 0. The van der Waals surface area contributed by atoms with Gasteiger partial charge in [-0.1, -0.05) is 67.6 Å². The van der Waals surface area contributed by atoms with E-state index in [9.17, 15) is 9.59 Å². The number of hydrogen-bond donors (Lipinski definition) is 1. The molecule has 0 radical (unpaired) electrons. The first-order chi connectivity index (χ1) is 14.2. The molecule has 0 saturated carbocycles. The maximum atomic E-state index is 12.0. The minimum Gasteiger partial charge on any atom is -0.482 e. The SMILES string of the molecule is CCc1ccccc1NC(=O)COC(=O)COc1ccc(-c2ccccc2)cc1. The van der Waals surface area contributed by atoms with Crippen LogP contribution in [0.25, 0.3) is 11.1 Å². The molecule has 0 heterocycles. The van der Waals surface area contributed by atoms with E-state index < -0.39 is 5.97 Å². The van der Waals surface area contributed by atoms with Crippen LogP contribution in [0.1, 0.15) is 12.5 Å². The summed E-state index contributed by atoms with van der Waals surface area (Å²) in [5.74, 6) is -0.425. The van der Waals surface area contributed by atoms with Gasteiger partial charge in [-0.2, -0.15) is 0 Å². The van der Waals surface area contributed by atoms with Gasteiger partial charge in [0.05, 0.1) is 0 Å². The topological polar surface area (TPSA) is 64.6 Å². The van der Waals surface area contributed by atoms with E-state index >= 15 is 0 Å². The van der Waals surface area contributed by atoms with Gasteiger partial charge in [0.1, 0.15) is 5.75 Å². The highest BCUT2D eigenvalue weighted by Gasteiger charge is 2.10. The zero-order valence-electron chi connectivity index (χ0n) is 16.3. The molecular formula is C24H23NO4. The first kappa shape index (κ1) is 20.1. The summed E-state index contributed by atoms with van der Waals surface area (Å²) in [6, 6.07) is 24.9. The minimum atomic E-state index is -0.601. The number of rotatable bonds is 8. The van der Waals surface area contributed by atoms with Crippen molar-refractivity contribution in [3.63, 3.8) is 0 Å². The standard InChI is InChI=1S/C24H23NO4/c1-2-18-8-6-7-11-22(18)25-23(26)16-29-24(27)17-28-21-14-12-20(13-15-21)19-9-4-3-5-10-19/h3-15H,2,16-17H2,1H3,(H,25,26). The van der Waals surface area contributed by atoms with Crippen LogP contribution in [0.4, 0.5) is 5.69 Å². The highest BCUT2D eigenvalue weighted by atomic mass is 16.6. The quantitative estimate of drug-likeness (QED) is 0.577. The van der Waals surface area contributed by atoms with Crippen LogP contribution in [0.3, 0.4) is 0 Å². The fourth-order valence-electron chi connectivity index (χ4n) is 2.84. The van der Waals surface area contributed by atoms with Crippen molar-refractivity contribution in [3.05, 3.63) is 84.4 Å². The van der Waals surface area contributed by atoms with Crippen LogP contribution >= 0.6 is 0 Å². The molecule has 0 fully saturated rings. The molecule has 0 aromatic heterocycles. The molecule has 0 unspecified atom stereocenters. The van der Waals surface area contributed by atoms with Gasteiger partial charge in [0.2, 0.25) is 0 Å². The fraction of sp³-hybridized carbons (Fsp3) is 0.167. The van der Waals surface area contributed by atoms with E-state index in [1.165, 1.54) is 0 Å². The van der Waals surface area contributed by atoms with Crippen molar-refractivity contribution in [2.45, 2.75) is 13.3 Å². The number of carbonyl (C=O) groups excluding carboxylic acids is 2. The summed E-state index contributed by atoms with van der Waals surface area (Å²) in [4.78, 5) is 23.9. The molecule has 1 N–H and O–H groups in total. The molecule has 0 spiro atoms. The summed E-state index contributed by atoms with van der Waals surface area (Å²) >= 11 is 0. The number of anilines is 1. The Morgan fingerprint density at radius 3 is 2.17 bits per heavy atom. The van der Waals surface area contributed by atoms with Crippen LogP contribution < -0.4 is 10.1 Å². The third-order valence-electron chi connectivity index (χ3n) is 4.35. The van der Waals surface area contributed by atoms with Gasteiger partial charge in [0.25, 0.3) is 5.91 Å². The van der Waals surface area contributed by atoms with Gasteiger partial charge in [-0.3, -0.25) is 4.79 Å². The average molecular weight is 389 g/mol. The molecule has 0 atom stereocenters. The summed E-state index contributed by atoms with van der Waals surface area (Å²) in [6.45, 7) is 1.39. The molecule has 0 saturated heterocycles. The Balaban J connectivity index is 1.43. The van der Waals surface area contributed by atoms with Crippen LogP contribution in [0.2, 0.25) is 0 Å². The van der Waals surface area contributed by atoms with E-state index in [-0.39, 0.29) is 19.1 Å². The molecule has 0 bridgehead atoms. The second-order valence-electron chi connectivity index (χ2n) is 6.40. The molecule has 29 heavy (non-hydrogen) atoms. The molecule has 5 nitrogen and oxygen atoms in total. The Kier molecular flexibility index (Phi) is 7.00. The molecule has 0 aliphatic carbocycles. The van der Waals surface area contributed by atoms with Crippen LogP contribution in [0.5, 0.6) is 5.75 Å². The lowest BCUT2D eigenvalue weighted by atomic mass is 10.1. The Labute approximate surface area is 170 Å². The highest BCUT2D eigenvalue weighted by Crippen LogP contribution is 2.22. The van der Waals surface area contributed by atoms with Gasteiger partial charge < -0.3 is 14.8 Å². The maximum absolute atomic E-state index is 12.0. The number of benzene rings is 3. The van der Waals surface area contributed by atoms with E-state index in [0.29, 0.717) is 5.75 Å². The maximum Gasteiger partial charge on any atom is 0.344 e. The number of carbonyl (C=O) groups is 2. The zero-order valence-corrected chi connectivity index (χ0v) is 16.3. The first-order valence-electron chi connectivity index (χ1n) is 9.47. The predicted molar refractivity (Wildman–Crippen MR) is 113 cm³/mol. The van der Waals surface area contributed by atoms with Crippen LogP contribution in [0.15, 0.2) is 78.9 Å². The molecule has 5 heteroatoms. The second kappa shape index (κ2) is 10.1. The van der Waals surface area contributed by atoms with Gasteiger partial charge in [0, 0.05) is 5.69 Å². The smallest absolute Gasteiger partial charge is 0.344 e. The van der Waals surface area contributed by atoms with E-state index in [2.05, 4.69) is 5.32 Å². The third-order valence-corrected chi connectivity index (χ3v) is 4.35. The van der Waals surface area contributed by atoms with Gasteiger partial charge in [-0.25, -0.2) is 4.79 Å². The van der Waals surface area contributed by atoms with Gasteiger partial charge in [-0.15, -0.1) is 0 Å². The number of amides is 1. The molecule has 1 amide bonds. The highest BCUT2D eigenvalue weighted by molar-refractivity contribution is 5.93. The van der Waals surface area contributed by atoms with Crippen molar-refractivity contribution in [1.82, 2.24) is 0 Å². The Morgan fingerprint density at radius 2 is 1.45 bits per heavy atom. The van der Waals surface area contributed by atoms with Gasteiger partial charge in [-0.05, 0) is 41.3 Å². The molecule has 0 aliphatic rings. The van der Waals surface area contributed by atoms with Gasteiger partial charge in [0.15, 0.2) is 13.2 Å². The number of ether oxygens (including phenoxy) is 2. The number of aryl methyl sites for hydroxylation is 1. The van der Waals surface area contributed by atoms with Gasteiger partial charge >= 0.3 is 5.97 Å². The second-order valence-corrected chi connectivity index (χ2v) is 6.40. The Bertz CT molecular complexity index is 952. The normalized spacial score (nSPS) is 10.2. The average Bonchev–Trinajstić information content (AvgIpc) is 2.77. The van der Waals surface area contributed by atoms with Crippen LogP contribution in [0, 0.1) is 0 Å². The van der Waals surface area contributed by atoms with Crippen LogP contribution in [-0.2, 0) is 20.7 Å². The van der Waals surface area contributed by atoms with E-state index in [4.69, 9.17) is 9.47 Å². The molecule has 3 aromatic rings. The Morgan fingerprint density at radius 1 is 0.793 bits per heavy atom. The van der Waals surface area contributed by atoms with Crippen molar-refractivity contribution in [2.24, 2.45) is 0 Å². The lowest BCUT2D eigenvalue weighted by molar-refractivity contribution is -0.149. The lowest BCUT2D eigenvalue weighted by Gasteiger charge is -2.10. The number of para-hydroxylation sites is 1. The van der Waals surface area contributed by atoms with Crippen LogP contribution in [-0.4, -0.2) is 25.1 Å². The minimum absolute atomic E-state index is 0.260. The Hall–Kier alpha value is -3.60. The number of esters is 1. The summed E-state index contributed by atoms with van der Waals surface area (Å²) in [5, 5.41) is 2.76. The molecule has 148 valence electrons. The number of hydrogen-bond acceptors (Lipinski definition) is 4. The number of nitrogens with one attached hydrogen (secondary N) is 1. The van der Waals surface area contributed by atoms with Crippen molar-refractivity contribution in [1.29, 1.82) is 0 Å². The molecular weight excluding hydrogens is 366 g/mol. The van der Waals surface area contributed by atoms with Crippen molar-refractivity contribution in [2.75, 3.05) is 18.5 Å². The molecule has 3 aromatic carbocycles. The zero-order chi connectivity index (χ0) is 20.5. The lowest BCUT2D eigenvalue weighted by Crippen LogP contribution is -2.24. The molecule has 0 aliphatic heterocycles. The monoisotopic (exact) mass is 389 g/mol. The van der Waals surface area contributed by atoms with E-state index in [0.717, 1.165) is 28.8 Å². The summed E-state index contributed by atoms with van der Waals surface area (Å²) in [5.41, 5.74) is 3.92. The first-order valence-corrected chi connectivity index (χ1v) is 9.47. The fourth-order valence-corrected chi connectivity index (χ4v) is 2.84. The van der Waals surface area contributed by atoms with E-state index in [1.807, 2.05) is 73.7 Å². The largest absolute Gasteiger partial charge is 0.482 e. The predicted octanol–water partition coefficient (Wildman–Crippen LogP) is 4.48. The van der Waals surface area contributed by atoms with E-state index in [1.54, 1.807) is 12.1 Å². The summed E-state index contributed by atoms with van der Waals surface area (Å²) < 4.78 is 10.4. The molecule has 3 rings (SSSR count). The van der Waals surface area contributed by atoms with Crippen molar-refractivity contribution < 1.29 is 19.1 Å². The van der Waals surface area contributed by atoms with Crippen molar-refractivity contribution in [3.8, 4) is 16.9 Å². The summed E-state index contributed by atoms with van der Waals surface area (Å²) in [6.07, 6.45) is 0.799. The third kappa shape index (κ3) is 5.94.